The molecule has 0 spiro atoms. The molecule has 0 aliphatic carbocycles. The van der Waals surface area contributed by atoms with Crippen molar-refractivity contribution >= 4 is 28.9 Å². The van der Waals surface area contributed by atoms with Crippen LogP contribution in [0, 0.1) is 6.92 Å². The largest absolute Gasteiger partial charge is 0.373 e. The number of nitrogens with one attached hydrogen (secondary N) is 2. The van der Waals surface area contributed by atoms with Gasteiger partial charge in [0.1, 0.15) is 17.5 Å². The predicted octanol–water partition coefficient (Wildman–Crippen LogP) is 4.35. The Morgan fingerprint density at radius 3 is 2.45 bits per heavy atom. The van der Waals surface area contributed by atoms with Gasteiger partial charge in [-0.3, -0.25) is 0 Å². The van der Waals surface area contributed by atoms with Crippen molar-refractivity contribution in [3.8, 4) is 0 Å². The molecule has 0 saturated carbocycles. The highest BCUT2D eigenvalue weighted by molar-refractivity contribution is 6.30. The van der Waals surface area contributed by atoms with Crippen molar-refractivity contribution in [3.63, 3.8) is 0 Å². The number of anilines is 3. The van der Waals surface area contributed by atoms with Crippen molar-refractivity contribution in [2.24, 2.45) is 0 Å². The fraction of sp³-hybridized carbons (Fsp3) is 0.333. The van der Waals surface area contributed by atoms with E-state index in [0.717, 1.165) is 28.7 Å². The van der Waals surface area contributed by atoms with Gasteiger partial charge in [0.25, 0.3) is 0 Å². The quantitative estimate of drug-likeness (QED) is 0.879. The number of aromatic nitrogens is 2. The third kappa shape index (κ3) is 3.20. The molecule has 0 aliphatic rings. The second-order valence-corrected chi connectivity index (χ2v) is 5.38. The third-order valence-corrected chi connectivity index (χ3v) is 3.24. The Morgan fingerprint density at radius 2 is 1.85 bits per heavy atom. The topological polar surface area (TPSA) is 49.8 Å². The Balaban J connectivity index is 2.42. The van der Waals surface area contributed by atoms with E-state index in [2.05, 4.69) is 34.4 Å². The SMILES string of the molecule is CNc1nc(C(C)C)nc(Nc2cccc(Cl)c2)c1C. The Labute approximate surface area is 124 Å². The lowest BCUT2D eigenvalue weighted by molar-refractivity contribution is 0.775. The number of benzene rings is 1. The first-order valence-corrected chi connectivity index (χ1v) is 6.98. The van der Waals surface area contributed by atoms with Crippen LogP contribution in [0.25, 0.3) is 0 Å². The van der Waals surface area contributed by atoms with Crippen molar-refractivity contribution < 1.29 is 0 Å². The summed E-state index contributed by atoms with van der Waals surface area (Å²) < 4.78 is 0. The molecule has 4 nitrogen and oxygen atoms in total. The van der Waals surface area contributed by atoms with E-state index in [1.54, 1.807) is 0 Å². The second kappa shape index (κ2) is 6.09. The van der Waals surface area contributed by atoms with Crippen LogP contribution in [0.1, 0.15) is 31.2 Å². The zero-order valence-corrected chi connectivity index (χ0v) is 12.9. The maximum absolute atomic E-state index is 6.01. The Hall–Kier alpha value is -1.81. The molecule has 0 fully saturated rings. The van der Waals surface area contributed by atoms with Crippen molar-refractivity contribution in [3.05, 3.63) is 40.7 Å². The standard InChI is InChI=1S/C15H19ClN4/c1-9(2)13-19-14(17-4)10(3)15(20-13)18-12-7-5-6-11(16)8-12/h5-9H,1-4H3,(H2,17,18,19,20). The van der Waals surface area contributed by atoms with E-state index in [0.29, 0.717) is 5.02 Å². The monoisotopic (exact) mass is 290 g/mol. The van der Waals surface area contributed by atoms with Crippen LogP contribution in [0.5, 0.6) is 0 Å². The molecule has 20 heavy (non-hydrogen) atoms. The van der Waals surface area contributed by atoms with Gasteiger partial charge in [0.2, 0.25) is 0 Å². The molecule has 106 valence electrons. The molecule has 1 aromatic heterocycles. The van der Waals surface area contributed by atoms with Crippen molar-refractivity contribution in [1.82, 2.24) is 9.97 Å². The zero-order valence-electron chi connectivity index (χ0n) is 12.2. The van der Waals surface area contributed by atoms with Crippen molar-refractivity contribution in [2.45, 2.75) is 26.7 Å². The first-order chi connectivity index (χ1) is 9.51. The Kier molecular flexibility index (Phi) is 4.45. The minimum atomic E-state index is 0.266. The molecule has 1 heterocycles. The highest BCUT2D eigenvalue weighted by atomic mass is 35.5. The summed E-state index contributed by atoms with van der Waals surface area (Å²) in [7, 11) is 1.86. The number of hydrogen-bond donors (Lipinski definition) is 2. The predicted molar refractivity (Wildman–Crippen MR) is 85.1 cm³/mol. The van der Waals surface area contributed by atoms with Crippen molar-refractivity contribution in [2.75, 3.05) is 17.7 Å². The van der Waals surface area contributed by atoms with E-state index >= 15 is 0 Å². The van der Waals surface area contributed by atoms with Gasteiger partial charge in [-0.1, -0.05) is 31.5 Å². The van der Waals surface area contributed by atoms with Crippen LogP contribution in [0.3, 0.4) is 0 Å². The van der Waals surface area contributed by atoms with Gasteiger partial charge in [-0.25, -0.2) is 9.97 Å². The van der Waals surface area contributed by atoms with Gasteiger partial charge in [-0.05, 0) is 25.1 Å². The number of rotatable bonds is 4. The smallest absolute Gasteiger partial charge is 0.139 e. The molecule has 2 N–H and O–H groups in total. The summed E-state index contributed by atoms with van der Waals surface area (Å²) in [6, 6.07) is 7.58. The second-order valence-electron chi connectivity index (χ2n) is 4.94. The molecule has 0 radical (unpaired) electrons. The van der Waals surface area contributed by atoms with E-state index in [9.17, 15) is 0 Å². The first kappa shape index (κ1) is 14.6. The molecule has 2 rings (SSSR count). The number of nitrogens with zero attached hydrogens (tertiary/aromatic N) is 2. The summed E-state index contributed by atoms with van der Waals surface area (Å²) >= 11 is 6.01. The highest BCUT2D eigenvalue weighted by Gasteiger charge is 2.12. The Bertz CT molecular complexity index is 611. The molecule has 0 aliphatic heterocycles. The van der Waals surface area contributed by atoms with Gasteiger partial charge < -0.3 is 10.6 Å². The van der Waals surface area contributed by atoms with E-state index in [1.165, 1.54) is 0 Å². The van der Waals surface area contributed by atoms with Gasteiger partial charge in [0, 0.05) is 29.2 Å². The minimum absolute atomic E-state index is 0.266. The van der Waals surface area contributed by atoms with Crippen molar-refractivity contribution in [1.29, 1.82) is 0 Å². The highest BCUT2D eigenvalue weighted by Crippen LogP contribution is 2.26. The van der Waals surface area contributed by atoms with Crippen LogP contribution in [0.2, 0.25) is 5.02 Å². The van der Waals surface area contributed by atoms with E-state index in [4.69, 9.17) is 11.6 Å². The van der Waals surface area contributed by atoms with Crippen LogP contribution >= 0.6 is 11.6 Å². The van der Waals surface area contributed by atoms with Crippen LogP contribution < -0.4 is 10.6 Å². The molecular weight excluding hydrogens is 272 g/mol. The molecule has 1 aromatic carbocycles. The lowest BCUT2D eigenvalue weighted by Crippen LogP contribution is -2.08. The lowest BCUT2D eigenvalue weighted by Gasteiger charge is -2.15. The average molecular weight is 291 g/mol. The number of halogens is 1. The first-order valence-electron chi connectivity index (χ1n) is 6.60. The zero-order chi connectivity index (χ0) is 14.7. The van der Waals surface area contributed by atoms with Gasteiger partial charge >= 0.3 is 0 Å². The number of hydrogen-bond acceptors (Lipinski definition) is 4. The van der Waals surface area contributed by atoms with E-state index in [1.807, 2.05) is 38.2 Å². The molecule has 0 bridgehead atoms. The summed E-state index contributed by atoms with van der Waals surface area (Å²) in [5.74, 6) is 2.72. The summed E-state index contributed by atoms with van der Waals surface area (Å²) in [5.41, 5.74) is 1.90. The molecule has 0 atom stereocenters. The lowest BCUT2D eigenvalue weighted by atomic mass is 10.2. The maximum Gasteiger partial charge on any atom is 0.139 e. The molecular formula is C15H19ClN4. The Morgan fingerprint density at radius 1 is 1.15 bits per heavy atom. The van der Waals surface area contributed by atoms with Crippen LogP contribution in [0.15, 0.2) is 24.3 Å². The van der Waals surface area contributed by atoms with Gasteiger partial charge in [0.05, 0.1) is 0 Å². The molecule has 0 amide bonds. The minimum Gasteiger partial charge on any atom is -0.373 e. The fourth-order valence-corrected chi connectivity index (χ4v) is 2.05. The van der Waals surface area contributed by atoms with Gasteiger partial charge in [-0.2, -0.15) is 0 Å². The summed E-state index contributed by atoms with van der Waals surface area (Å²) in [6.07, 6.45) is 0. The molecule has 0 saturated heterocycles. The summed E-state index contributed by atoms with van der Waals surface area (Å²) in [6.45, 7) is 6.14. The van der Waals surface area contributed by atoms with Crippen LogP contribution in [-0.4, -0.2) is 17.0 Å². The summed E-state index contributed by atoms with van der Waals surface area (Å²) in [4.78, 5) is 9.12. The van der Waals surface area contributed by atoms with Gasteiger partial charge in [-0.15, -0.1) is 0 Å². The normalized spacial score (nSPS) is 10.7. The van der Waals surface area contributed by atoms with Crippen LogP contribution in [-0.2, 0) is 0 Å². The van der Waals surface area contributed by atoms with E-state index < -0.39 is 0 Å². The average Bonchev–Trinajstić information content (AvgIpc) is 2.41. The van der Waals surface area contributed by atoms with E-state index in [-0.39, 0.29) is 5.92 Å². The third-order valence-electron chi connectivity index (χ3n) is 3.00. The molecule has 0 unspecified atom stereocenters. The van der Waals surface area contributed by atoms with Crippen LogP contribution in [0.4, 0.5) is 17.3 Å². The fourth-order valence-electron chi connectivity index (χ4n) is 1.86. The van der Waals surface area contributed by atoms with Gasteiger partial charge in [0.15, 0.2) is 0 Å². The molecule has 2 aromatic rings. The summed E-state index contributed by atoms with van der Waals surface area (Å²) in [5, 5.41) is 7.11. The maximum atomic E-state index is 6.01. The molecule has 5 heteroatoms.